The lowest BCUT2D eigenvalue weighted by atomic mass is 10.0. The number of thiophene rings is 1. The Bertz CT molecular complexity index is 288. The lowest BCUT2D eigenvalue weighted by molar-refractivity contribution is 0.419. The van der Waals surface area contributed by atoms with Gasteiger partial charge in [0.25, 0.3) is 0 Å². The summed E-state index contributed by atoms with van der Waals surface area (Å²) >= 11 is 7.46. The number of nitrogens with two attached hydrogens (primary N) is 1. The van der Waals surface area contributed by atoms with E-state index >= 15 is 0 Å². The summed E-state index contributed by atoms with van der Waals surface area (Å²) in [6, 6.07) is 4.22. The van der Waals surface area contributed by atoms with E-state index in [-0.39, 0.29) is 6.04 Å². The fraction of sp³-hybridized carbons (Fsp3) is 0.636. The number of nitrogens with one attached hydrogen (secondary N) is 1. The molecule has 2 unspecified atom stereocenters. The maximum Gasteiger partial charge on any atom is 0.0931 e. The second-order valence-electron chi connectivity index (χ2n) is 3.89. The number of rotatable bonds is 6. The smallest absolute Gasteiger partial charge is 0.0931 e. The molecule has 1 heterocycles. The quantitative estimate of drug-likeness (QED) is 0.810. The molecule has 0 aliphatic carbocycles. The van der Waals surface area contributed by atoms with Crippen molar-refractivity contribution in [3.8, 4) is 0 Å². The van der Waals surface area contributed by atoms with Crippen LogP contribution >= 0.6 is 22.9 Å². The Morgan fingerprint density at radius 1 is 1.53 bits per heavy atom. The summed E-state index contributed by atoms with van der Waals surface area (Å²) in [7, 11) is 0. The van der Waals surface area contributed by atoms with E-state index in [1.54, 1.807) is 11.3 Å². The molecule has 2 nitrogen and oxygen atoms in total. The number of halogens is 1. The first-order valence-corrected chi connectivity index (χ1v) is 6.53. The van der Waals surface area contributed by atoms with E-state index in [4.69, 9.17) is 17.3 Å². The van der Waals surface area contributed by atoms with Crippen molar-refractivity contribution in [1.82, 2.24) is 5.32 Å². The first-order valence-electron chi connectivity index (χ1n) is 5.34. The van der Waals surface area contributed by atoms with Crippen molar-refractivity contribution in [3.63, 3.8) is 0 Å². The van der Waals surface area contributed by atoms with Crippen molar-refractivity contribution >= 4 is 22.9 Å². The molecule has 0 saturated carbocycles. The summed E-state index contributed by atoms with van der Waals surface area (Å²) in [6.07, 6.45) is 1.13. The Balaban J connectivity index is 2.21. The lowest BCUT2D eigenvalue weighted by Gasteiger charge is -2.18. The van der Waals surface area contributed by atoms with Gasteiger partial charge in [0.15, 0.2) is 0 Å². The normalized spacial score (nSPS) is 15.2. The van der Waals surface area contributed by atoms with E-state index in [0.717, 1.165) is 23.8 Å². The summed E-state index contributed by atoms with van der Waals surface area (Å²) in [6.45, 7) is 6.09. The van der Waals surface area contributed by atoms with Crippen molar-refractivity contribution in [2.75, 3.05) is 6.54 Å². The summed E-state index contributed by atoms with van der Waals surface area (Å²) in [5, 5.41) is 3.36. The average Bonchev–Trinajstić information content (AvgIpc) is 2.63. The van der Waals surface area contributed by atoms with E-state index in [1.807, 2.05) is 6.07 Å². The zero-order valence-corrected chi connectivity index (χ0v) is 10.9. The van der Waals surface area contributed by atoms with Gasteiger partial charge in [-0.15, -0.1) is 11.3 Å². The highest BCUT2D eigenvalue weighted by atomic mass is 35.5. The minimum Gasteiger partial charge on any atom is -0.326 e. The van der Waals surface area contributed by atoms with Gasteiger partial charge >= 0.3 is 0 Å². The van der Waals surface area contributed by atoms with Gasteiger partial charge in [-0.3, -0.25) is 0 Å². The van der Waals surface area contributed by atoms with Crippen LogP contribution < -0.4 is 11.1 Å². The van der Waals surface area contributed by atoms with Crippen LogP contribution in [0.5, 0.6) is 0 Å². The van der Waals surface area contributed by atoms with Gasteiger partial charge in [0.2, 0.25) is 0 Å². The summed E-state index contributed by atoms with van der Waals surface area (Å²) in [5.74, 6) is 0.574. The highest BCUT2D eigenvalue weighted by molar-refractivity contribution is 7.16. The van der Waals surface area contributed by atoms with Crippen LogP contribution in [-0.2, 0) is 6.54 Å². The van der Waals surface area contributed by atoms with E-state index in [9.17, 15) is 0 Å². The van der Waals surface area contributed by atoms with Crippen molar-refractivity contribution in [1.29, 1.82) is 0 Å². The van der Waals surface area contributed by atoms with E-state index in [1.165, 1.54) is 4.88 Å². The molecule has 15 heavy (non-hydrogen) atoms. The molecule has 0 aromatic carbocycles. The Hall–Kier alpha value is -0.0900. The minimum absolute atomic E-state index is 0.241. The molecule has 1 aromatic rings. The van der Waals surface area contributed by atoms with E-state index < -0.39 is 0 Å². The summed E-state index contributed by atoms with van der Waals surface area (Å²) < 4.78 is 0.845. The van der Waals surface area contributed by atoms with Gasteiger partial charge in [0.05, 0.1) is 4.34 Å². The van der Waals surface area contributed by atoms with Gasteiger partial charge in [-0.2, -0.15) is 0 Å². The molecular formula is C11H19ClN2S. The Labute approximate surface area is 101 Å². The first-order chi connectivity index (χ1) is 7.13. The monoisotopic (exact) mass is 246 g/mol. The molecule has 0 saturated heterocycles. The molecule has 0 aliphatic heterocycles. The van der Waals surface area contributed by atoms with Gasteiger partial charge in [0, 0.05) is 24.0 Å². The van der Waals surface area contributed by atoms with Gasteiger partial charge in [0.1, 0.15) is 0 Å². The summed E-state index contributed by atoms with van der Waals surface area (Å²) in [5.41, 5.74) is 6.01. The lowest BCUT2D eigenvalue weighted by Crippen LogP contribution is -2.38. The van der Waals surface area contributed by atoms with Gasteiger partial charge in [-0.25, -0.2) is 0 Å². The Morgan fingerprint density at radius 2 is 2.27 bits per heavy atom. The SMILES string of the molecule is CCC(C)C(N)CNCc1ccc(Cl)s1. The Kier molecular flexibility index (Phi) is 5.61. The standard InChI is InChI=1S/C11H19ClN2S/c1-3-8(2)10(13)7-14-6-9-4-5-11(12)15-9/h4-5,8,10,14H,3,6-7,13H2,1-2H3. The third-order valence-corrected chi connectivity index (χ3v) is 3.91. The van der Waals surface area contributed by atoms with Crippen molar-refractivity contribution < 1.29 is 0 Å². The second kappa shape index (κ2) is 6.48. The molecule has 0 radical (unpaired) electrons. The van der Waals surface area contributed by atoms with Crippen LogP contribution in [-0.4, -0.2) is 12.6 Å². The number of hydrogen-bond acceptors (Lipinski definition) is 3. The molecule has 86 valence electrons. The van der Waals surface area contributed by atoms with E-state index in [2.05, 4.69) is 25.2 Å². The van der Waals surface area contributed by atoms with Crippen LogP contribution in [0, 0.1) is 5.92 Å². The van der Waals surface area contributed by atoms with Crippen molar-refractivity contribution in [2.24, 2.45) is 11.7 Å². The molecule has 0 fully saturated rings. The van der Waals surface area contributed by atoms with E-state index in [0.29, 0.717) is 5.92 Å². The molecule has 0 spiro atoms. The largest absolute Gasteiger partial charge is 0.326 e. The first kappa shape index (κ1) is 13.0. The van der Waals surface area contributed by atoms with Gasteiger partial charge < -0.3 is 11.1 Å². The topological polar surface area (TPSA) is 38.0 Å². The summed E-state index contributed by atoms with van der Waals surface area (Å²) in [4.78, 5) is 1.26. The van der Waals surface area contributed by atoms with Crippen LogP contribution in [0.25, 0.3) is 0 Å². The van der Waals surface area contributed by atoms with Crippen LogP contribution in [0.15, 0.2) is 12.1 Å². The molecule has 4 heteroatoms. The predicted molar refractivity (Wildman–Crippen MR) is 68.5 cm³/mol. The third kappa shape index (κ3) is 4.51. The predicted octanol–water partition coefficient (Wildman–Crippen LogP) is 2.86. The van der Waals surface area contributed by atoms with Crippen LogP contribution in [0.2, 0.25) is 4.34 Å². The zero-order valence-electron chi connectivity index (χ0n) is 9.29. The maximum absolute atomic E-state index is 6.01. The third-order valence-electron chi connectivity index (χ3n) is 2.68. The fourth-order valence-electron chi connectivity index (χ4n) is 1.31. The van der Waals surface area contributed by atoms with Crippen molar-refractivity contribution in [2.45, 2.75) is 32.9 Å². The average molecular weight is 247 g/mol. The molecular weight excluding hydrogens is 228 g/mol. The second-order valence-corrected chi connectivity index (χ2v) is 5.69. The molecule has 0 bridgehead atoms. The minimum atomic E-state index is 0.241. The van der Waals surface area contributed by atoms with Crippen molar-refractivity contribution in [3.05, 3.63) is 21.3 Å². The molecule has 2 atom stereocenters. The molecule has 3 N–H and O–H groups in total. The Morgan fingerprint density at radius 3 is 2.80 bits per heavy atom. The van der Waals surface area contributed by atoms with Crippen LogP contribution in [0.4, 0.5) is 0 Å². The highest BCUT2D eigenvalue weighted by Gasteiger charge is 2.09. The molecule has 0 aliphatic rings. The molecule has 1 rings (SSSR count). The van der Waals surface area contributed by atoms with Gasteiger partial charge in [-0.05, 0) is 18.1 Å². The zero-order chi connectivity index (χ0) is 11.3. The fourth-order valence-corrected chi connectivity index (χ4v) is 2.37. The number of hydrogen-bond donors (Lipinski definition) is 2. The molecule has 0 amide bonds. The molecule has 1 aromatic heterocycles. The maximum atomic E-state index is 6.01. The van der Waals surface area contributed by atoms with Crippen LogP contribution in [0.1, 0.15) is 25.1 Å². The van der Waals surface area contributed by atoms with Gasteiger partial charge in [-0.1, -0.05) is 31.9 Å². The highest BCUT2D eigenvalue weighted by Crippen LogP contribution is 2.20. The van der Waals surface area contributed by atoms with Crippen LogP contribution in [0.3, 0.4) is 0 Å².